The van der Waals surface area contributed by atoms with Crippen LogP contribution in [-0.4, -0.2) is 39.3 Å². The molecule has 1 fully saturated rings. The Morgan fingerprint density at radius 1 is 1.21 bits per heavy atom. The molecule has 0 radical (unpaired) electrons. The van der Waals surface area contributed by atoms with Gasteiger partial charge in [-0.1, -0.05) is 15.9 Å². The predicted octanol–water partition coefficient (Wildman–Crippen LogP) is 2.51. The van der Waals surface area contributed by atoms with Crippen LogP contribution in [0.15, 0.2) is 46.9 Å². The van der Waals surface area contributed by atoms with Crippen LogP contribution in [0.1, 0.15) is 24.4 Å². The fourth-order valence-corrected chi connectivity index (χ4v) is 3.85. The minimum atomic E-state index is -0.500. The van der Waals surface area contributed by atoms with Crippen molar-refractivity contribution < 1.29 is 23.6 Å². The number of carbonyl (C=O) groups excluding carboxylic acids is 1. The molecule has 5 nitrogen and oxygen atoms in total. The van der Waals surface area contributed by atoms with Gasteiger partial charge in [0.1, 0.15) is 11.8 Å². The van der Waals surface area contributed by atoms with Crippen LogP contribution < -0.4 is 19.7 Å². The van der Waals surface area contributed by atoms with E-state index in [0.29, 0.717) is 11.0 Å². The number of amides is 1. The van der Waals surface area contributed by atoms with Gasteiger partial charge in [-0.2, -0.15) is 0 Å². The summed E-state index contributed by atoms with van der Waals surface area (Å²) in [6.45, 7) is 2.47. The van der Waals surface area contributed by atoms with Gasteiger partial charge in [-0.05, 0) is 42.5 Å². The molecule has 7 heteroatoms. The van der Waals surface area contributed by atoms with E-state index in [4.69, 9.17) is 9.47 Å². The summed E-state index contributed by atoms with van der Waals surface area (Å²) >= 11 is 3.20. The molecule has 2 aromatic rings. The summed E-state index contributed by atoms with van der Waals surface area (Å²) in [5.74, 6) is 0.113. The number of quaternary nitrogens is 1. The third-order valence-electron chi connectivity index (χ3n) is 5.01. The summed E-state index contributed by atoms with van der Waals surface area (Å²) in [5, 5.41) is 2.94. The van der Waals surface area contributed by atoms with Gasteiger partial charge in [-0.3, -0.25) is 4.79 Å². The Labute approximate surface area is 172 Å². The van der Waals surface area contributed by atoms with Crippen molar-refractivity contribution in [3.05, 3.63) is 58.3 Å². The molecule has 1 heterocycles. The van der Waals surface area contributed by atoms with Crippen molar-refractivity contribution in [3.8, 4) is 11.5 Å². The number of ether oxygens (including phenoxy) is 2. The van der Waals surface area contributed by atoms with Gasteiger partial charge in [0.05, 0.1) is 26.7 Å². The van der Waals surface area contributed by atoms with Gasteiger partial charge in [0.2, 0.25) is 0 Å². The van der Waals surface area contributed by atoms with Gasteiger partial charge < -0.3 is 19.7 Å². The van der Waals surface area contributed by atoms with E-state index in [1.54, 1.807) is 13.2 Å². The summed E-state index contributed by atoms with van der Waals surface area (Å²) in [5.41, 5.74) is 1.16. The van der Waals surface area contributed by atoms with Crippen LogP contribution in [0.25, 0.3) is 0 Å². The first-order chi connectivity index (χ1) is 13.6. The van der Waals surface area contributed by atoms with Gasteiger partial charge in [0.25, 0.3) is 5.91 Å². The zero-order valence-corrected chi connectivity index (χ0v) is 17.4. The first-order valence-corrected chi connectivity index (χ1v) is 10.2. The maximum atomic E-state index is 13.8. The molecule has 1 saturated heterocycles. The van der Waals surface area contributed by atoms with Crippen molar-refractivity contribution in [3.63, 3.8) is 0 Å². The smallest absolute Gasteiger partial charge is 0.258 e. The third-order valence-corrected chi connectivity index (χ3v) is 5.51. The van der Waals surface area contributed by atoms with E-state index >= 15 is 0 Å². The van der Waals surface area contributed by atoms with Crippen molar-refractivity contribution in [1.82, 2.24) is 5.32 Å². The molecular weight excluding hydrogens is 427 g/mol. The number of rotatable bonds is 8. The van der Waals surface area contributed by atoms with E-state index in [1.165, 1.54) is 29.9 Å². The molecule has 0 bridgehead atoms. The SMILES string of the molecule is COc1ccc([C@H](CNC(=O)COc2ccc(Br)cc2F)[NH+]2CCCC2)cc1. The zero-order chi connectivity index (χ0) is 19.9. The van der Waals surface area contributed by atoms with Crippen LogP contribution in [0.5, 0.6) is 11.5 Å². The van der Waals surface area contributed by atoms with E-state index in [1.807, 2.05) is 12.1 Å². The number of benzene rings is 2. The average Bonchev–Trinajstić information content (AvgIpc) is 3.22. The van der Waals surface area contributed by atoms with Gasteiger partial charge in [0.15, 0.2) is 18.2 Å². The molecule has 1 aliphatic rings. The molecule has 1 aliphatic heterocycles. The first kappa shape index (κ1) is 20.6. The van der Waals surface area contributed by atoms with Gasteiger partial charge in [-0.25, -0.2) is 4.39 Å². The van der Waals surface area contributed by atoms with E-state index in [2.05, 4.69) is 33.4 Å². The summed E-state index contributed by atoms with van der Waals surface area (Å²) < 4.78 is 25.0. The summed E-state index contributed by atoms with van der Waals surface area (Å²) in [7, 11) is 1.65. The summed E-state index contributed by atoms with van der Waals surface area (Å²) in [6, 6.07) is 12.6. The Morgan fingerprint density at radius 2 is 1.93 bits per heavy atom. The molecule has 0 saturated carbocycles. The van der Waals surface area contributed by atoms with Gasteiger partial charge >= 0.3 is 0 Å². The lowest BCUT2D eigenvalue weighted by Gasteiger charge is -2.25. The lowest BCUT2D eigenvalue weighted by molar-refractivity contribution is -0.918. The van der Waals surface area contributed by atoms with Crippen molar-refractivity contribution >= 4 is 21.8 Å². The van der Waals surface area contributed by atoms with E-state index in [0.717, 1.165) is 24.4 Å². The van der Waals surface area contributed by atoms with Crippen LogP contribution in [-0.2, 0) is 4.79 Å². The van der Waals surface area contributed by atoms with Crippen molar-refractivity contribution in [2.75, 3.05) is 33.4 Å². The molecule has 3 rings (SSSR count). The summed E-state index contributed by atoms with van der Waals surface area (Å²) in [6.07, 6.45) is 2.39. The molecule has 0 unspecified atom stereocenters. The molecule has 150 valence electrons. The second-order valence-corrected chi connectivity index (χ2v) is 7.77. The topological polar surface area (TPSA) is 52.0 Å². The molecular formula is C21H25BrFN2O3+. The monoisotopic (exact) mass is 451 g/mol. The van der Waals surface area contributed by atoms with Crippen molar-refractivity contribution in [2.24, 2.45) is 0 Å². The highest BCUT2D eigenvalue weighted by atomic mass is 79.9. The largest absolute Gasteiger partial charge is 0.497 e. The fraction of sp³-hybridized carbons (Fsp3) is 0.381. The normalized spacial score (nSPS) is 15.2. The Hall–Kier alpha value is -2.12. The summed E-state index contributed by atoms with van der Waals surface area (Å²) in [4.78, 5) is 13.7. The number of hydrogen-bond donors (Lipinski definition) is 2. The minimum Gasteiger partial charge on any atom is -0.497 e. The molecule has 0 spiro atoms. The molecule has 2 N–H and O–H groups in total. The second kappa shape index (κ2) is 9.89. The molecule has 1 amide bonds. The zero-order valence-electron chi connectivity index (χ0n) is 15.8. The minimum absolute atomic E-state index is 0.0650. The third kappa shape index (κ3) is 5.45. The van der Waals surface area contributed by atoms with E-state index in [9.17, 15) is 9.18 Å². The van der Waals surface area contributed by atoms with Crippen LogP contribution >= 0.6 is 15.9 Å². The van der Waals surface area contributed by atoms with Crippen LogP contribution in [0.2, 0.25) is 0 Å². The highest BCUT2D eigenvalue weighted by Gasteiger charge is 2.27. The van der Waals surface area contributed by atoms with E-state index < -0.39 is 5.82 Å². The predicted molar refractivity (Wildman–Crippen MR) is 108 cm³/mol. The standard InChI is InChI=1S/C21H24BrFN2O3/c1-27-17-7-4-15(5-8-17)19(25-10-2-3-11-25)13-24-21(26)14-28-20-9-6-16(22)12-18(20)23/h4-9,12,19H,2-3,10-11,13-14H2,1H3,(H,24,26)/p+1/t19-/m0/s1. The number of halogens is 2. The molecule has 1 atom stereocenters. The second-order valence-electron chi connectivity index (χ2n) is 6.86. The fourth-order valence-electron chi connectivity index (χ4n) is 3.51. The van der Waals surface area contributed by atoms with Crippen LogP contribution in [0.4, 0.5) is 4.39 Å². The Morgan fingerprint density at radius 3 is 2.57 bits per heavy atom. The van der Waals surface area contributed by atoms with Gasteiger partial charge in [-0.15, -0.1) is 0 Å². The van der Waals surface area contributed by atoms with E-state index in [-0.39, 0.29) is 24.3 Å². The highest BCUT2D eigenvalue weighted by molar-refractivity contribution is 9.10. The lowest BCUT2D eigenvalue weighted by atomic mass is 10.1. The number of likely N-dealkylation sites (tertiary alicyclic amines) is 1. The quantitative estimate of drug-likeness (QED) is 0.648. The lowest BCUT2D eigenvalue weighted by Crippen LogP contribution is -3.11. The molecule has 0 aliphatic carbocycles. The maximum Gasteiger partial charge on any atom is 0.258 e. The van der Waals surface area contributed by atoms with Crippen molar-refractivity contribution in [1.29, 1.82) is 0 Å². The average molecular weight is 452 g/mol. The first-order valence-electron chi connectivity index (χ1n) is 9.40. The van der Waals surface area contributed by atoms with Crippen LogP contribution in [0, 0.1) is 5.82 Å². The Bertz CT molecular complexity index is 795. The number of carbonyl (C=O) groups is 1. The maximum absolute atomic E-state index is 13.8. The molecule has 28 heavy (non-hydrogen) atoms. The molecule has 2 aromatic carbocycles. The van der Waals surface area contributed by atoms with Crippen molar-refractivity contribution in [2.45, 2.75) is 18.9 Å². The Kier molecular flexibility index (Phi) is 7.28. The van der Waals surface area contributed by atoms with Crippen LogP contribution in [0.3, 0.4) is 0 Å². The van der Waals surface area contributed by atoms with Gasteiger partial charge in [0, 0.05) is 22.9 Å². The highest BCUT2D eigenvalue weighted by Crippen LogP contribution is 2.21. The number of methoxy groups -OCH3 is 1. The Balaban J connectivity index is 1.58. The number of hydrogen-bond acceptors (Lipinski definition) is 3. The molecule has 0 aromatic heterocycles. The number of nitrogens with one attached hydrogen (secondary N) is 2.